The summed E-state index contributed by atoms with van der Waals surface area (Å²) in [4.78, 5) is 20.0. The van der Waals surface area contributed by atoms with E-state index in [0.29, 0.717) is 12.2 Å². The van der Waals surface area contributed by atoms with E-state index < -0.39 is 0 Å². The molecule has 0 unspecified atom stereocenters. The zero-order valence-electron chi connectivity index (χ0n) is 12.0. The lowest BCUT2D eigenvalue weighted by Gasteiger charge is -2.05. The minimum Gasteiger partial charge on any atom is -0.348 e. The van der Waals surface area contributed by atoms with Gasteiger partial charge in [0, 0.05) is 42.6 Å². The Hall–Kier alpha value is -2.69. The molecule has 106 valence electrons. The van der Waals surface area contributed by atoms with Crippen molar-refractivity contribution in [1.82, 2.24) is 19.9 Å². The lowest BCUT2D eigenvalue weighted by molar-refractivity contribution is 0.0945. The van der Waals surface area contributed by atoms with Crippen LogP contribution in [0.4, 0.5) is 0 Å². The zero-order chi connectivity index (χ0) is 14.8. The van der Waals surface area contributed by atoms with Gasteiger partial charge in [0.25, 0.3) is 5.91 Å². The smallest absolute Gasteiger partial charge is 0.271 e. The Morgan fingerprint density at radius 1 is 1.29 bits per heavy atom. The van der Waals surface area contributed by atoms with Crippen LogP contribution in [0.2, 0.25) is 0 Å². The standard InChI is InChI=1S/C16H16N4O/c1-11-13(12-5-3-4-6-15(12)20(11)2)9-19-16(21)14-10-17-7-8-18-14/h3-8,10H,9H2,1-2H3,(H,19,21). The highest BCUT2D eigenvalue weighted by Crippen LogP contribution is 2.24. The highest BCUT2D eigenvalue weighted by molar-refractivity contribution is 5.92. The highest BCUT2D eigenvalue weighted by atomic mass is 16.1. The largest absolute Gasteiger partial charge is 0.348 e. The summed E-state index contributed by atoms with van der Waals surface area (Å²) in [5.41, 5.74) is 3.77. The predicted octanol–water partition coefficient (Wildman–Crippen LogP) is 2.21. The van der Waals surface area contributed by atoms with E-state index in [1.807, 2.05) is 19.2 Å². The average Bonchev–Trinajstić information content (AvgIpc) is 2.78. The number of carbonyl (C=O) groups excluding carboxylic acids is 1. The number of hydrogen-bond acceptors (Lipinski definition) is 3. The molecule has 0 radical (unpaired) electrons. The van der Waals surface area contributed by atoms with E-state index in [-0.39, 0.29) is 5.91 Å². The summed E-state index contributed by atoms with van der Waals surface area (Å²) in [5, 5.41) is 4.07. The zero-order valence-corrected chi connectivity index (χ0v) is 12.0. The van der Waals surface area contributed by atoms with Gasteiger partial charge in [-0.05, 0) is 18.6 Å². The maximum absolute atomic E-state index is 12.1. The van der Waals surface area contributed by atoms with E-state index in [0.717, 1.165) is 16.6 Å². The molecule has 1 amide bonds. The molecule has 0 saturated carbocycles. The third kappa shape index (κ3) is 2.38. The number of para-hydroxylation sites is 1. The van der Waals surface area contributed by atoms with Gasteiger partial charge in [-0.3, -0.25) is 9.78 Å². The Kier molecular flexibility index (Phi) is 3.39. The molecule has 21 heavy (non-hydrogen) atoms. The topological polar surface area (TPSA) is 59.8 Å². The fourth-order valence-electron chi connectivity index (χ4n) is 2.50. The van der Waals surface area contributed by atoms with Crippen LogP contribution in [0.25, 0.3) is 10.9 Å². The molecule has 5 heteroatoms. The second-order valence-electron chi connectivity index (χ2n) is 4.91. The van der Waals surface area contributed by atoms with Gasteiger partial charge in [-0.25, -0.2) is 4.98 Å². The Balaban J connectivity index is 1.86. The molecule has 0 atom stereocenters. The first-order valence-electron chi connectivity index (χ1n) is 6.75. The van der Waals surface area contributed by atoms with E-state index in [9.17, 15) is 4.79 Å². The van der Waals surface area contributed by atoms with Crippen molar-refractivity contribution in [3.8, 4) is 0 Å². The summed E-state index contributed by atoms with van der Waals surface area (Å²) < 4.78 is 2.14. The average molecular weight is 280 g/mol. The quantitative estimate of drug-likeness (QED) is 0.800. The summed E-state index contributed by atoms with van der Waals surface area (Å²) in [5.74, 6) is -0.213. The number of hydrogen-bond donors (Lipinski definition) is 1. The van der Waals surface area contributed by atoms with Gasteiger partial charge in [-0.15, -0.1) is 0 Å². The molecule has 2 heterocycles. The molecule has 0 spiro atoms. The third-order valence-electron chi connectivity index (χ3n) is 3.75. The van der Waals surface area contributed by atoms with Crippen LogP contribution >= 0.6 is 0 Å². The molecule has 2 aromatic heterocycles. The molecule has 0 saturated heterocycles. The molecule has 0 aliphatic heterocycles. The van der Waals surface area contributed by atoms with Gasteiger partial charge >= 0.3 is 0 Å². The van der Waals surface area contributed by atoms with Crippen molar-refractivity contribution in [3.05, 3.63) is 59.8 Å². The Labute approximate surface area is 122 Å². The van der Waals surface area contributed by atoms with Gasteiger partial charge in [0.1, 0.15) is 5.69 Å². The van der Waals surface area contributed by atoms with Crippen LogP contribution in [0.3, 0.4) is 0 Å². The number of carbonyl (C=O) groups is 1. The third-order valence-corrected chi connectivity index (χ3v) is 3.75. The number of benzene rings is 1. The second kappa shape index (κ2) is 5.36. The Bertz CT molecular complexity index is 793. The van der Waals surface area contributed by atoms with Crippen LogP contribution in [0.1, 0.15) is 21.7 Å². The van der Waals surface area contributed by atoms with Crippen molar-refractivity contribution in [3.63, 3.8) is 0 Å². The molecular formula is C16H16N4O. The number of aryl methyl sites for hydroxylation is 1. The van der Waals surface area contributed by atoms with Gasteiger partial charge in [0.15, 0.2) is 0 Å². The van der Waals surface area contributed by atoms with Crippen molar-refractivity contribution >= 4 is 16.8 Å². The monoisotopic (exact) mass is 280 g/mol. The van der Waals surface area contributed by atoms with E-state index in [1.165, 1.54) is 17.9 Å². The summed E-state index contributed by atoms with van der Waals surface area (Å²) >= 11 is 0. The Morgan fingerprint density at radius 2 is 2.10 bits per heavy atom. The lowest BCUT2D eigenvalue weighted by Crippen LogP contribution is -2.24. The normalized spacial score (nSPS) is 10.8. The molecule has 0 fully saturated rings. The van der Waals surface area contributed by atoms with Gasteiger partial charge < -0.3 is 9.88 Å². The highest BCUT2D eigenvalue weighted by Gasteiger charge is 2.13. The van der Waals surface area contributed by atoms with Gasteiger partial charge in [-0.1, -0.05) is 18.2 Å². The van der Waals surface area contributed by atoms with Crippen molar-refractivity contribution in [2.45, 2.75) is 13.5 Å². The maximum Gasteiger partial charge on any atom is 0.271 e. The van der Waals surface area contributed by atoms with E-state index in [2.05, 4.69) is 38.9 Å². The van der Waals surface area contributed by atoms with E-state index in [4.69, 9.17) is 0 Å². The number of nitrogens with one attached hydrogen (secondary N) is 1. The van der Waals surface area contributed by atoms with Gasteiger partial charge in [0.05, 0.1) is 6.20 Å². The number of amides is 1. The summed E-state index contributed by atoms with van der Waals surface area (Å²) in [6.45, 7) is 2.53. The summed E-state index contributed by atoms with van der Waals surface area (Å²) in [6.07, 6.45) is 4.52. The van der Waals surface area contributed by atoms with E-state index in [1.54, 1.807) is 6.20 Å². The molecule has 0 bridgehead atoms. The number of nitrogens with zero attached hydrogens (tertiary/aromatic N) is 3. The molecule has 3 rings (SSSR count). The minimum atomic E-state index is -0.213. The first-order valence-corrected chi connectivity index (χ1v) is 6.75. The van der Waals surface area contributed by atoms with Crippen molar-refractivity contribution in [2.24, 2.45) is 7.05 Å². The minimum absolute atomic E-state index is 0.213. The lowest BCUT2D eigenvalue weighted by atomic mass is 10.1. The van der Waals surface area contributed by atoms with Gasteiger partial charge in [-0.2, -0.15) is 0 Å². The summed E-state index contributed by atoms with van der Waals surface area (Å²) in [7, 11) is 2.03. The fraction of sp³-hybridized carbons (Fsp3) is 0.188. The summed E-state index contributed by atoms with van der Waals surface area (Å²) in [6, 6.07) is 8.18. The van der Waals surface area contributed by atoms with Crippen LogP contribution in [-0.2, 0) is 13.6 Å². The molecule has 1 aromatic carbocycles. The predicted molar refractivity (Wildman–Crippen MR) is 80.9 cm³/mol. The number of fused-ring (bicyclic) bond motifs is 1. The molecule has 0 aliphatic carbocycles. The molecule has 1 N–H and O–H groups in total. The SMILES string of the molecule is Cc1c(CNC(=O)c2cnccn2)c2ccccc2n1C. The van der Waals surface area contributed by atoms with Crippen molar-refractivity contribution < 1.29 is 4.79 Å². The maximum atomic E-state index is 12.1. The van der Waals surface area contributed by atoms with Crippen LogP contribution in [0.15, 0.2) is 42.9 Å². The van der Waals surface area contributed by atoms with Crippen LogP contribution in [0.5, 0.6) is 0 Å². The molecule has 0 aliphatic rings. The number of aromatic nitrogens is 3. The van der Waals surface area contributed by atoms with Crippen LogP contribution in [-0.4, -0.2) is 20.4 Å². The first-order chi connectivity index (χ1) is 10.2. The van der Waals surface area contributed by atoms with Crippen LogP contribution in [0, 0.1) is 6.92 Å². The molecule has 5 nitrogen and oxygen atoms in total. The van der Waals surface area contributed by atoms with Crippen molar-refractivity contribution in [1.29, 1.82) is 0 Å². The van der Waals surface area contributed by atoms with Gasteiger partial charge in [0.2, 0.25) is 0 Å². The fourth-order valence-corrected chi connectivity index (χ4v) is 2.50. The molecular weight excluding hydrogens is 264 g/mol. The first kappa shape index (κ1) is 13.3. The van der Waals surface area contributed by atoms with Crippen molar-refractivity contribution in [2.75, 3.05) is 0 Å². The van der Waals surface area contributed by atoms with E-state index >= 15 is 0 Å². The number of rotatable bonds is 3. The Morgan fingerprint density at radius 3 is 2.86 bits per heavy atom. The second-order valence-corrected chi connectivity index (χ2v) is 4.91. The molecule has 3 aromatic rings. The van der Waals surface area contributed by atoms with Crippen LogP contribution < -0.4 is 5.32 Å².